The van der Waals surface area contributed by atoms with E-state index in [1.165, 1.54) is 11.1 Å². The SMILES string of the molecule is Bc1cnn2c(NCCCNC(=O)C3Cc4ccccc4C3)cc(-c3ccccc3O)nc12. The summed E-state index contributed by atoms with van der Waals surface area (Å²) in [5.74, 6) is 1.14. The summed E-state index contributed by atoms with van der Waals surface area (Å²) in [6.07, 6.45) is 4.20. The Bertz CT molecular complexity index is 1290. The molecule has 0 spiro atoms. The fourth-order valence-corrected chi connectivity index (χ4v) is 4.43. The van der Waals surface area contributed by atoms with E-state index in [1.54, 1.807) is 22.8 Å². The first kappa shape index (κ1) is 21.1. The summed E-state index contributed by atoms with van der Waals surface area (Å²) >= 11 is 0. The fourth-order valence-electron chi connectivity index (χ4n) is 4.43. The van der Waals surface area contributed by atoms with E-state index in [0.29, 0.717) is 24.3 Å². The molecular weight excluding hydrogens is 413 g/mol. The molecule has 0 aliphatic heterocycles. The van der Waals surface area contributed by atoms with Crippen molar-refractivity contribution in [1.29, 1.82) is 0 Å². The van der Waals surface area contributed by atoms with Gasteiger partial charge >= 0.3 is 0 Å². The topological polar surface area (TPSA) is 91.5 Å². The van der Waals surface area contributed by atoms with E-state index in [-0.39, 0.29) is 17.6 Å². The third-order valence-electron chi connectivity index (χ3n) is 6.21. The average molecular weight is 439 g/mol. The van der Waals surface area contributed by atoms with Crippen molar-refractivity contribution >= 4 is 30.7 Å². The molecule has 0 fully saturated rings. The first-order valence-corrected chi connectivity index (χ1v) is 11.3. The van der Waals surface area contributed by atoms with E-state index in [1.807, 2.05) is 38.2 Å². The zero-order valence-electron chi connectivity index (χ0n) is 18.6. The number of amides is 1. The molecule has 2 aromatic carbocycles. The number of phenols is 1. The molecular formula is C25H26BN5O2. The first-order valence-electron chi connectivity index (χ1n) is 11.3. The molecule has 4 aromatic rings. The minimum Gasteiger partial charge on any atom is -0.507 e. The maximum absolute atomic E-state index is 12.6. The molecule has 166 valence electrons. The molecule has 0 atom stereocenters. The second kappa shape index (κ2) is 8.98. The quantitative estimate of drug-likeness (QED) is 0.301. The summed E-state index contributed by atoms with van der Waals surface area (Å²) in [4.78, 5) is 17.3. The molecule has 0 bridgehead atoms. The third kappa shape index (κ3) is 4.28. The molecule has 33 heavy (non-hydrogen) atoms. The van der Waals surface area contributed by atoms with E-state index in [2.05, 4.69) is 27.9 Å². The number of benzene rings is 2. The molecule has 1 aliphatic carbocycles. The molecule has 7 nitrogen and oxygen atoms in total. The van der Waals surface area contributed by atoms with Gasteiger partial charge in [0.2, 0.25) is 5.91 Å². The lowest BCUT2D eigenvalue weighted by molar-refractivity contribution is -0.124. The van der Waals surface area contributed by atoms with E-state index in [0.717, 1.165) is 36.2 Å². The van der Waals surface area contributed by atoms with Crippen molar-refractivity contribution in [3.63, 3.8) is 0 Å². The Balaban J connectivity index is 1.20. The number of carbonyl (C=O) groups is 1. The molecule has 8 heteroatoms. The predicted octanol–water partition coefficient (Wildman–Crippen LogP) is 1.69. The molecule has 0 saturated carbocycles. The number of rotatable bonds is 7. The van der Waals surface area contributed by atoms with Crippen LogP contribution in [0, 0.1) is 5.92 Å². The lowest BCUT2D eigenvalue weighted by Gasteiger charge is -2.13. The van der Waals surface area contributed by atoms with Gasteiger partial charge in [-0.05, 0) is 48.0 Å². The third-order valence-corrected chi connectivity index (χ3v) is 6.21. The van der Waals surface area contributed by atoms with Crippen LogP contribution in [0.3, 0.4) is 0 Å². The van der Waals surface area contributed by atoms with Crippen molar-refractivity contribution in [3.8, 4) is 17.0 Å². The van der Waals surface area contributed by atoms with Gasteiger partial charge in [-0.1, -0.05) is 36.4 Å². The van der Waals surface area contributed by atoms with Crippen molar-refractivity contribution in [1.82, 2.24) is 19.9 Å². The highest BCUT2D eigenvalue weighted by Crippen LogP contribution is 2.29. The van der Waals surface area contributed by atoms with Crippen LogP contribution in [0.2, 0.25) is 0 Å². The van der Waals surface area contributed by atoms with Crippen LogP contribution in [0.5, 0.6) is 5.75 Å². The highest BCUT2D eigenvalue weighted by atomic mass is 16.3. The first-order chi connectivity index (χ1) is 16.1. The molecule has 0 saturated heterocycles. The van der Waals surface area contributed by atoms with Gasteiger partial charge in [-0.3, -0.25) is 4.79 Å². The van der Waals surface area contributed by atoms with E-state index in [4.69, 9.17) is 4.98 Å². The normalized spacial score (nSPS) is 13.2. The van der Waals surface area contributed by atoms with Crippen molar-refractivity contribution in [2.24, 2.45) is 5.92 Å². The van der Waals surface area contributed by atoms with E-state index in [9.17, 15) is 9.90 Å². The number of hydrogen-bond donors (Lipinski definition) is 3. The number of fused-ring (bicyclic) bond motifs is 2. The smallest absolute Gasteiger partial charge is 0.223 e. The maximum Gasteiger partial charge on any atom is 0.223 e. The molecule has 1 amide bonds. The van der Waals surface area contributed by atoms with Gasteiger partial charge in [0.05, 0.1) is 5.69 Å². The van der Waals surface area contributed by atoms with E-state index >= 15 is 0 Å². The number of carbonyl (C=O) groups excluding carboxylic acids is 1. The second-order valence-corrected chi connectivity index (χ2v) is 8.55. The molecule has 5 rings (SSSR count). The van der Waals surface area contributed by atoms with Crippen LogP contribution >= 0.6 is 0 Å². The number of anilines is 1. The summed E-state index contributed by atoms with van der Waals surface area (Å²) in [7, 11) is 1.96. The zero-order chi connectivity index (χ0) is 22.8. The second-order valence-electron chi connectivity index (χ2n) is 8.55. The van der Waals surface area contributed by atoms with Crippen LogP contribution in [0.25, 0.3) is 16.9 Å². The number of nitrogens with one attached hydrogen (secondary N) is 2. The summed E-state index contributed by atoms with van der Waals surface area (Å²) in [6.45, 7) is 1.28. The molecule has 0 unspecified atom stereocenters. The van der Waals surface area contributed by atoms with Crippen molar-refractivity contribution < 1.29 is 9.90 Å². The molecule has 3 N–H and O–H groups in total. The van der Waals surface area contributed by atoms with Gasteiger partial charge in [0.25, 0.3) is 0 Å². The van der Waals surface area contributed by atoms with Gasteiger partial charge in [0, 0.05) is 36.8 Å². The van der Waals surface area contributed by atoms with Crippen molar-refractivity contribution in [2.75, 3.05) is 18.4 Å². The minimum absolute atomic E-state index is 0.0309. The van der Waals surface area contributed by atoms with Gasteiger partial charge in [-0.2, -0.15) is 9.61 Å². The van der Waals surface area contributed by atoms with Crippen molar-refractivity contribution in [2.45, 2.75) is 19.3 Å². The van der Waals surface area contributed by atoms with Crippen molar-refractivity contribution in [3.05, 3.63) is 71.9 Å². The standard InChI is InChI=1S/C25H26BN5O2/c26-20-15-29-31-23(14-21(30-24(20)31)19-8-3-4-9-22(19)32)27-10-5-11-28-25(33)18-12-16-6-1-2-7-17(16)13-18/h1-4,6-9,14-15,18,27,32H,5,10-13,26H2,(H,28,33). The van der Waals surface area contributed by atoms with Gasteiger partial charge < -0.3 is 15.7 Å². The summed E-state index contributed by atoms with van der Waals surface area (Å²) in [6, 6.07) is 17.4. The molecule has 2 heterocycles. The Morgan fingerprint density at radius 1 is 1.09 bits per heavy atom. The number of aromatic nitrogens is 3. The van der Waals surface area contributed by atoms with Gasteiger partial charge in [0.1, 0.15) is 19.4 Å². The van der Waals surface area contributed by atoms with Gasteiger partial charge in [-0.25, -0.2) is 4.98 Å². The van der Waals surface area contributed by atoms with Crippen LogP contribution in [0.15, 0.2) is 60.8 Å². The fraction of sp³-hybridized carbons (Fsp3) is 0.240. The number of phenolic OH excluding ortho intramolecular Hbond substituents is 1. The molecule has 1 aliphatic rings. The Morgan fingerprint density at radius 2 is 1.82 bits per heavy atom. The Hall–Kier alpha value is -3.81. The van der Waals surface area contributed by atoms with Crippen LogP contribution in [0.4, 0.5) is 5.82 Å². The average Bonchev–Trinajstić information content (AvgIpc) is 3.43. The Labute approximate surface area is 193 Å². The number of nitrogens with zero attached hydrogens (tertiary/aromatic N) is 3. The number of hydrogen-bond acceptors (Lipinski definition) is 5. The minimum atomic E-state index is 0.0309. The summed E-state index contributed by atoms with van der Waals surface area (Å²) in [5, 5.41) is 21.2. The van der Waals surface area contributed by atoms with Crippen LogP contribution in [0.1, 0.15) is 17.5 Å². The van der Waals surface area contributed by atoms with Crippen LogP contribution < -0.4 is 16.1 Å². The molecule has 0 radical (unpaired) electrons. The van der Waals surface area contributed by atoms with Gasteiger partial charge in [-0.15, -0.1) is 0 Å². The van der Waals surface area contributed by atoms with E-state index < -0.39 is 0 Å². The predicted molar refractivity (Wildman–Crippen MR) is 132 cm³/mol. The lowest BCUT2D eigenvalue weighted by atomic mass is 10.0. The molecule has 2 aromatic heterocycles. The Kier molecular flexibility index (Phi) is 5.73. The summed E-state index contributed by atoms with van der Waals surface area (Å²) < 4.78 is 1.77. The monoisotopic (exact) mass is 439 g/mol. The number of para-hydroxylation sites is 1. The maximum atomic E-state index is 12.6. The highest BCUT2D eigenvalue weighted by molar-refractivity contribution is 6.36. The number of aromatic hydroxyl groups is 1. The van der Waals surface area contributed by atoms with Crippen LogP contribution in [-0.4, -0.2) is 46.5 Å². The lowest BCUT2D eigenvalue weighted by Crippen LogP contribution is -2.32. The highest BCUT2D eigenvalue weighted by Gasteiger charge is 2.26. The zero-order valence-corrected chi connectivity index (χ0v) is 18.6. The Morgan fingerprint density at radius 3 is 2.58 bits per heavy atom. The van der Waals surface area contributed by atoms with Crippen LogP contribution in [-0.2, 0) is 17.6 Å². The largest absolute Gasteiger partial charge is 0.507 e. The van der Waals surface area contributed by atoms with Gasteiger partial charge in [0.15, 0.2) is 5.65 Å². The summed E-state index contributed by atoms with van der Waals surface area (Å²) in [5.41, 5.74) is 5.63.